The van der Waals surface area contributed by atoms with E-state index in [1.165, 1.54) is 12.1 Å². The lowest BCUT2D eigenvalue weighted by atomic mass is 9.96. The van der Waals surface area contributed by atoms with Crippen LogP contribution in [0, 0.1) is 11.6 Å². The van der Waals surface area contributed by atoms with Crippen LogP contribution in [0.15, 0.2) is 97.1 Å². The summed E-state index contributed by atoms with van der Waals surface area (Å²) in [6.45, 7) is 3.09. The van der Waals surface area contributed by atoms with Gasteiger partial charge in [-0.25, -0.2) is 8.78 Å². The molecule has 2 atom stereocenters. The van der Waals surface area contributed by atoms with Crippen molar-refractivity contribution in [2.75, 3.05) is 0 Å². The fourth-order valence-corrected chi connectivity index (χ4v) is 3.85. The Morgan fingerprint density at radius 3 is 1.31 bits per heavy atom. The number of ether oxygens (including phenoxy) is 1. The first-order valence-electron chi connectivity index (χ1n) is 11.3. The van der Waals surface area contributed by atoms with Crippen molar-refractivity contribution in [3.8, 4) is 22.3 Å². The average molecular weight is 471 g/mol. The van der Waals surface area contributed by atoms with Crippen molar-refractivity contribution in [2.45, 2.75) is 25.7 Å². The maximum absolute atomic E-state index is 14.7. The molecule has 0 radical (unpaired) electrons. The Kier molecular flexibility index (Phi) is 7.16. The Labute approximate surface area is 203 Å². The molecule has 5 heteroatoms. The number of halogens is 2. The summed E-state index contributed by atoms with van der Waals surface area (Å²) in [5.74, 6) is -4.25. The van der Waals surface area contributed by atoms with Crippen molar-refractivity contribution >= 4 is 11.9 Å². The number of hydrogen-bond acceptors (Lipinski definition) is 3. The van der Waals surface area contributed by atoms with Gasteiger partial charge in [-0.15, -0.1) is 0 Å². The van der Waals surface area contributed by atoms with E-state index in [0.29, 0.717) is 22.3 Å². The van der Waals surface area contributed by atoms with Crippen LogP contribution in [-0.2, 0) is 14.3 Å². The molecule has 0 amide bonds. The smallest absolute Gasteiger partial charge is 0.320 e. The van der Waals surface area contributed by atoms with Crippen molar-refractivity contribution in [1.82, 2.24) is 0 Å². The van der Waals surface area contributed by atoms with Gasteiger partial charge in [-0.2, -0.15) is 0 Å². The first-order valence-corrected chi connectivity index (χ1v) is 11.3. The summed E-state index contributed by atoms with van der Waals surface area (Å²) in [4.78, 5) is 25.2. The van der Waals surface area contributed by atoms with Crippen molar-refractivity contribution in [1.29, 1.82) is 0 Å². The van der Waals surface area contributed by atoms with E-state index < -0.39 is 35.4 Å². The SMILES string of the molecule is C[C@H](C(=O)OC(=O)[C@@H](C)c1ccc(-c2ccccc2)c(F)c1)c1ccc(-c2ccccc2)c(F)c1. The van der Waals surface area contributed by atoms with Gasteiger partial charge in [0.05, 0.1) is 11.8 Å². The summed E-state index contributed by atoms with van der Waals surface area (Å²) in [6, 6.07) is 27.2. The second-order valence-corrected chi connectivity index (χ2v) is 8.39. The van der Waals surface area contributed by atoms with Crippen LogP contribution in [0.3, 0.4) is 0 Å². The number of benzene rings is 4. The van der Waals surface area contributed by atoms with Crippen LogP contribution in [0.5, 0.6) is 0 Å². The molecule has 3 nitrogen and oxygen atoms in total. The fraction of sp³-hybridized carbons (Fsp3) is 0.133. The molecular formula is C30H24F2O3. The third-order valence-electron chi connectivity index (χ3n) is 6.06. The Hall–Kier alpha value is -4.12. The third kappa shape index (κ3) is 5.35. The Balaban J connectivity index is 1.44. The van der Waals surface area contributed by atoms with Crippen molar-refractivity contribution in [2.24, 2.45) is 0 Å². The molecule has 176 valence electrons. The zero-order valence-corrected chi connectivity index (χ0v) is 19.4. The van der Waals surface area contributed by atoms with Crippen LogP contribution in [0.1, 0.15) is 36.8 Å². The largest absolute Gasteiger partial charge is 0.392 e. The summed E-state index contributed by atoms with van der Waals surface area (Å²) in [5, 5.41) is 0. The standard InChI is InChI=1S/C30H24F2O3/c1-19(23-13-15-25(27(31)17-23)21-9-5-3-6-10-21)29(33)35-30(34)20(2)24-14-16-26(28(32)18-24)22-11-7-4-8-12-22/h3-20H,1-2H3/t19-,20-/m0/s1. The maximum Gasteiger partial charge on any atom is 0.320 e. The van der Waals surface area contributed by atoms with Crippen LogP contribution in [0.4, 0.5) is 8.78 Å². The van der Waals surface area contributed by atoms with Crippen molar-refractivity contribution in [3.63, 3.8) is 0 Å². The van der Waals surface area contributed by atoms with Gasteiger partial charge >= 0.3 is 11.9 Å². The van der Waals surface area contributed by atoms with E-state index >= 15 is 0 Å². The topological polar surface area (TPSA) is 43.4 Å². The van der Waals surface area contributed by atoms with Crippen LogP contribution in [0.25, 0.3) is 22.3 Å². The maximum atomic E-state index is 14.7. The predicted molar refractivity (Wildman–Crippen MR) is 132 cm³/mol. The van der Waals surface area contributed by atoms with Gasteiger partial charge in [-0.1, -0.05) is 84.9 Å². The molecule has 0 aliphatic rings. The minimum Gasteiger partial charge on any atom is -0.392 e. The average Bonchev–Trinajstić information content (AvgIpc) is 2.88. The fourth-order valence-electron chi connectivity index (χ4n) is 3.85. The van der Waals surface area contributed by atoms with Gasteiger partial charge in [0.1, 0.15) is 11.6 Å². The van der Waals surface area contributed by atoms with E-state index in [2.05, 4.69) is 0 Å². The van der Waals surface area contributed by atoms with Crippen LogP contribution >= 0.6 is 0 Å². The highest BCUT2D eigenvalue weighted by molar-refractivity contribution is 5.92. The molecule has 0 aromatic heterocycles. The van der Waals surface area contributed by atoms with E-state index in [1.54, 1.807) is 62.4 Å². The van der Waals surface area contributed by atoms with Gasteiger partial charge in [0, 0.05) is 11.1 Å². The van der Waals surface area contributed by atoms with Gasteiger partial charge in [0.15, 0.2) is 0 Å². The lowest BCUT2D eigenvalue weighted by molar-refractivity contribution is -0.161. The highest BCUT2D eigenvalue weighted by Crippen LogP contribution is 2.29. The summed E-state index contributed by atoms with van der Waals surface area (Å²) in [5.41, 5.74) is 3.07. The van der Waals surface area contributed by atoms with E-state index in [-0.39, 0.29) is 0 Å². The summed E-state index contributed by atoms with van der Waals surface area (Å²) in [6.07, 6.45) is 0. The molecule has 35 heavy (non-hydrogen) atoms. The molecule has 0 saturated heterocycles. The van der Waals surface area contributed by atoms with Gasteiger partial charge in [-0.3, -0.25) is 9.59 Å². The molecule has 0 aliphatic carbocycles. The summed E-state index contributed by atoms with van der Waals surface area (Å²) in [7, 11) is 0. The van der Waals surface area contributed by atoms with Crippen LogP contribution in [-0.4, -0.2) is 11.9 Å². The van der Waals surface area contributed by atoms with E-state index in [0.717, 1.165) is 11.1 Å². The zero-order chi connectivity index (χ0) is 24.9. The first-order chi connectivity index (χ1) is 16.8. The van der Waals surface area contributed by atoms with E-state index in [9.17, 15) is 18.4 Å². The summed E-state index contributed by atoms with van der Waals surface area (Å²) >= 11 is 0. The quantitative estimate of drug-likeness (QED) is 0.220. The van der Waals surface area contributed by atoms with Gasteiger partial charge in [0.2, 0.25) is 0 Å². The van der Waals surface area contributed by atoms with E-state index in [1.807, 2.05) is 36.4 Å². The molecule has 0 saturated carbocycles. The molecule has 0 spiro atoms. The number of carbonyl (C=O) groups excluding carboxylic acids is 2. The Morgan fingerprint density at radius 2 is 0.971 bits per heavy atom. The Bertz CT molecular complexity index is 1250. The number of carbonyl (C=O) groups is 2. The minimum atomic E-state index is -0.859. The molecule has 4 aromatic carbocycles. The lowest BCUT2D eigenvalue weighted by Crippen LogP contribution is -2.22. The summed E-state index contributed by atoms with van der Waals surface area (Å²) < 4.78 is 34.5. The number of esters is 2. The van der Waals surface area contributed by atoms with Crippen LogP contribution < -0.4 is 0 Å². The molecule has 0 bridgehead atoms. The molecule has 0 unspecified atom stereocenters. The predicted octanol–water partition coefficient (Wildman–Crippen LogP) is 7.28. The van der Waals surface area contributed by atoms with Crippen molar-refractivity contribution in [3.05, 3.63) is 120 Å². The molecule has 0 heterocycles. The highest BCUT2D eigenvalue weighted by atomic mass is 19.1. The second-order valence-electron chi connectivity index (χ2n) is 8.39. The zero-order valence-electron chi connectivity index (χ0n) is 19.4. The molecule has 0 aliphatic heterocycles. The lowest BCUT2D eigenvalue weighted by Gasteiger charge is -2.15. The van der Waals surface area contributed by atoms with Crippen molar-refractivity contribution < 1.29 is 23.1 Å². The highest BCUT2D eigenvalue weighted by Gasteiger charge is 2.26. The molecule has 0 N–H and O–H groups in total. The molecular weight excluding hydrogens is 446 g/mol. The van der Waals surface area contributed by atoms with Gasteiger partial charge in [-0.05, 0) is 48.2 Å². The van der Waals surface area contributed by atoms with Gasteiger partial charge < -0.3 is 4.74 Å². The Morgan fingerprint density at radius 1 is 0.600 bits per heavy atom. The monoisotopic (exact) mass is 470 g/mol. The van der Waals surface area contributed by atoms with Gasteiger partial charge in [0.25, 0.3) is 0 Å². The normalized spacial score (nSPS) is 12.6. The van der Waals surface area contributed by atoms with E-state index in [4.69, 9.17) is 4.74 Å². The molecule has 4 aromatic rings. The second kappa shape index (κ2) is 10.4. The number of rotatable bonds is 6. The third-order valence-corrected chi connectivity index (χ3v) is 6.06. The first kappa shape index (κ1) is 24.0. The molecule has 4 rings (SSSR count). The minimum absolute atomic E-state index is 0.394. The van der Waals surface area contributed by atoms with Crippen LogP contribution in [0.2, 0.25) is 0 Å². The number of hydrogen-bond donors (Lipinski definition) is 0. The molecule has 0 fully saturated rings.